The molecule has 1 saturated heterocycles. The molecule has 0 N–H and O–H groups in total. The lowest BCUT2D eigenvalue weighted by Crippen LogP contribution is -2.41. The summed E-state index contributed by atoms with van der Waals surface area (Å²) in [4.78, 5) is 7.99. The fraction of sp³-hybridized carbons (Fsp3) is 0.111. The SMILES string of the molecule is CC1(C)OB(c2cccc(-n3c4ccccc4c4ccccc43)c2)OC1(C)C.N#Cc1ncccc1-c1cccc(-n2c3ccccc3c3ccccc32)c1.N#Cc1ncccc1Br. The second-order valence-corrected chi connectivity index (χ2v) is 17.3. The molecule has 1 fully saturated rings. The van der Waals surface area contributed by atoms with Crippen molar-refractivity contribution in [2.45, 2.75) is 38.9 Å². The van der Waals surface area contributed by atoms with Gasteiger partial charge in [-0.25, -0.2) is 9.97 Å². The molecule has 0 amide bonds. The number of fused-ring (bicyclic) bond motifs is 6. The number of pyridine rings is 2. The summed E-state index contributed by atoms with van der Waals surface area (Å²) in [6.07, 6.45) is 3.24. The average molecular weight is 898 g/mol. The standard InChI is InChI=1S/C24H24BNO2.C24H15N3.C6H3BrN2/c1-23(2)24(3,4)28-25(27-23)17-10-9-11-18(16-17)26-21-14-7-5-12-19(21)20-13-6-8-15-22(20)26;25-16-22-19(11-6-14-26-22)17-7-5-8-18(15-17)27-23-12-3-1-9-20(23)21-10-2-4-13-24(21)27;7-5-2-1-3-9-6(5)4-8/h5-16H,1-4H3;1-15H;1-3H. The summed E-state index contributed by atoms with van der Waals surface area (Å²) >= 11 is 3.17. The smallest absolute Gasteiger partial charge is 0.399 e. The normalized spacial score (nSPS) is 13.8. The molecule has 10 aromatic rings. The summed E-state index contributed by atoms with van der Waals surface area (Å²) in [5, 5.41) is 22.8. The highest BCUT2D eigenvalue weighted by Gasteiger charge is 2.51. The van der Waals surface area contributed by atoms with Crippen LogP contribution in [0.5, 0.6) is 0 Å². The van der Waals surface area contributed by atoms with Crippen LogP contribution in [0.2, 0.25) is 0 Å². The van der Waals surface area contributed by atoms with Gasteiger partial charge >= 0.3 is 7.12 Å². The molecule has 0 atom stereocenters. The molecule has 8 nitrogen and oxygen atoms in total. The van der Waals surface area contributed by atoms with E-state index in [1.54, 1.807) is 24.5 Å². The van der Waals surface area contributed by atoms with E-state index in [4.69, 9.17) is 14.6 Å². The van der Waals surface area contributed by atoms with Gasteiger partial charge in [0, 0.05) is 50.9 Å². The average Bonchev–Trinajstić information content (AvgIpc) is 3.93. The van der Waals surface area contributed by atoms with Gasteiger partial charge in [-0.2, -0.15) is 10.5 Å². The molecule has 5 heterocycles. The van der Waals surface area contributed by atoms with Crippen molar-refractivity contribution in [3.63, 3.8) is 0 Å². The summed E-state index contributed by atoms with van der Waals surface area (Å²) in [5.41, 5.74) is 9.98. The quantitative estimate of drug-likeness (QED) is 0.163. The summed E-state index contributed by atoms with van der Waals surface area (Å²) < 4.78 is 17.9. The molecule has 0 saturated carbocycles. The van der Waals surface area contributed by atoms with Crippen LogP contribution in [0.4, 0.5) is 0 Å². The molecule has 64 heavy (non-hydrogen) atoms. The van der Waals surface area contributed by atoms with Crippen LogP contribution in [0.1, 0.15) is 39.1 Å². The molecular weight excluding hydrogens is 855 g/mol. The molecule has 0 aliphatic carbocycles. The lowest BCUT2D eigenvalue weighted by atomic mass is 9.79. The number of nitrogens with zero attached hydrogens (tertiary/aromatic N) is 6. The Morgan fingerprint density at radius 3 is 1.41 bits per heavy atom. The first-order valence-electron chi connectivity index (χ1n) is 21.0. The van der Waals surface area contributed by atoms with E-state index < -0.39 is 0 Å². The molecule has 1 aliphatic rings. The molecule has 310 valence electrons. The number of rotatable bonds is 4. The van der Waals surface area contributed by atoms with Gasteiger partial charge in [-0.1, -0.05) is 97.1 Å². The first-order chi connectivity index (χ1) is 31.1. The van der Waals surface area contributed by atoms with E-state index in [2.05, 4.69) is 202 Å². The van der Waals surface area contributed by atoms with Gasteiger partial charge in [0.25, 0.3) is 0 Å². The van der Waals surface area contributed by atoms with Crippen molar-refractivity contribution in [3.05, 3.63) is 198 Å². The van der Waals surface area contributed by atoms with Gasteiger partial charge in [0.05, 0.1) is 37.7 Å². The Morgan fingerprint density at radius 2 is 0.938 bits per heavy atom. The maximum atomic E-state index is 9.40. The van der Waals surface area contributed by atoms with Gasteiger partial charge in [0.15, 0.2) is 5.69 Å². The first kappa shape index (κ1) is 42.0. The number of aromatic nitrogens is 4. The third-order valence-electron chi connectivity index (χ3n) is 12.0. The maximum Gasteiger partial charge on any atom is 0.494 e. The summed E-state index contributed by atoms with van der Waals surface area (Å²) in [6, 6.07) is 62.3. The summed E-state index contributed by atoms with van der Waals surface area (Å²) in [6.45, 7) is 8.35. The zero-order chi connectivity index (χ0) is 44.4. The monoisotopic (exact) mass is 896 g/mol. The van der Waals surface area contributed by atoms with Gasteiger partial charge in [-0.05, 0) is 127 Å². The molecule has 0 unspecified atom stereocenters. The minimum absolute atomic E-state index is 0.347. The van der Waals surface area contributed by atoms with Crippen molar-refractivity contribution in [2.24, 2.45) is 0 Å². The largest absolute Gasteiger partial charge is 0.494 e. The molecular formula is C54H42BBrN6O2. The summed E-state index contributed by atoms with van der Waals surface area (Å²) in [7, 11) is -0.363. The summed E-state index contributed by atoms with van der Waals surface area (Å²) in [5.74, 6) is 0. The highest BCUT2D eigenvalue weighted by molar-refractivity contribution is 9.10. The first-order valence-corrected chi connectivity index (χ1v) is 21.8. The van der Waals surface area contributed by atoms with Crippen molar-refractivity contribution in [2.75, 3.05) is 0 Å². The number of para-hydroxylation sites is 4. The third kappa shape index (κ3) is 7.84. The highest BCUT2D eigenvalue weighted by atomic mass is 79.9. The Hall–Kier alpha value is -7.34. The van der Waals surface area contributed by atoms with Gasteiger partial charge < -0.3 is 18.4 Å². The molecule has 10 heteroatoms. The zero-order valence-electron chi connectivity index (χ0n) is 35.8. The fourth-order valence-electron chi connectivity index (χ4n) is 8.20. The number of benzene rings is 6. The predicted octanol–water partition coefficient (Wildman–Crippen LogP) is 12.5. The van der Waals surface area contributed by atoms with Gasteiger partial charge in [0.1, 0.15) is 17.8 Å². The Balaban J connectivity index is 0.000000136. The van der Waals surface area contributed by atoms with Crippen LogP contribution < -0.4 is 5.46 Å². The minimum atomic E-state index is -0.363. The Kier molecular flexibility index (Phi) is 11.4. The van der Waals surface area contributed by atoms with Crippen molar-refractivity contribution < 1.29 is 9.31 Å². The predicted molar refractivity (Wildman–Crippen MR) is 262 cm³/mol. The fourth-order valence-corrected chi connectivity index (χ4v) is 8.54. The van der Waals surface area contributed by atoms with Crippen molar-refractivity contribution in [3.8, 4) is 34.6 Å². The number of hydrogen-bond donors (Lipinski definition) is 0. The number of nitriles is 2. The van der Waals surface area contributed by atoms with Crippen molar-refractivity contribution in [1.29, 1.82) is 10.5 Å². The topological polar surface area (TPSA) is 102 Å². The van der Waals surface area contributed by atoms with E-state index in [0.717, 1.165) is 32.4 Å². The van der Waals surface area contributed by atoms with E-state index in [-0.39, 0.29) is 18.3 Å². The van der Waals surface area contributed by atoms with E-state index in [1.165, 1.54) is 43.6 Å². The van der Waals surface area contributed by atoms with Gasteiger partial charge in [-0.15, -0.1) is 0 Å². The van der Waals surface area contributed by atoms with Crippen molar-refractivity contribution in [1.82, 2.24) is 19.1 Å². The minimum Gasteiger partial charge on any atom is -0.399 e. The van der Waals surface area contributed by atoms with Gasteiger partial charge in [-0.3, -0.25) is 0 Å². The Morgan fingerprint density at radius 1 is 0.500 bits per heavy atom. The van der Waals surface area contributed by atoms with Crippen LogP contribution in [0.3, 0.4) is 0 Å². The molecule has 1 aliphatic heterocycles. The van der Waals surface area contributed by atoms with Crippen LogP contribution in [0.25, 0.3) is 66.1 Å². The van der Waals surface area contributed by atoms with Crippen LogP contribution >= 0.6 is 15.9 Å². The van der Waals surface area contributed by atoms with Crippen molar-refractivity contribution >= 4 is 72.1 Å². The van der Waals surface area contributed by atoms with E-state index in [0.29, 0.717) is 11.4 Å². The number of halogens is 1. The highest BCUT2D eigenvalue weighted by Crippen LogP contribution is 2.38. The number of hydrogen-bond acceptors (Lipinski definition) is 6. The lowest BCUT2D eigenvalue weighted by Gasteiger charge is -2.32. The van der Waals surface area contributed by atoms with E-state index >= 15 is 0 Å². The van der Waals surface area contributed by atoms with E-state index in [9.17, 15) is 5.26 Å². The Bertz CT molecular complexity index is 3310. The molecule has 0 bridgehead atoms. The third-order valence-corrected chi connectivity index (χ3v) is 12.6. The lowest BCUT2D eigenvalue weighted by molar-refractivity contribution is 0.00578. The van der Waals surface area contributed by atoms with Crippen LogP contribution in [-0.2, 0) is 9.31 Å². The molecule has 11 rings (SSSR count). The van der Waals surface area contributed by atoms with Crippen LogP contribution in [0.15, 0.2) is 187 Å². The zero-order valence-corrected chi connectivity index (χ0v) is 37.4. The molecule has 4 aromatic heterocycles. The second kappa shape index (κ2) is 17.4. The molecule has 0 spiro atoms. The van der Waals surface area contributed by atoms with E-state index in [1.807, 2.05) is 30.3 Å². The maximum absolute atomic E-state index is 9.40. The second-order valence-electron chi connectivity index (χ2n) is 16.4. The van der Waals surface area contributed by atoms with Crippen LogP contribution in [0, 0.1) is 22.7 Å². The molecule has 6 aromatic carbocycles. The molecule has 0 radical (unpaired) electrons. The Labute approximate surface area is 380 Å². The van der Waals surface area contributed by atoms with Gasteiger partial charge in [0.2, 0.25) is 0 Å². The van der Waals surface area contributed by atoms with Crippen LogP contribution in [-0.4, -0.2) is 37.4 Å².